The normalized spacial score (nSPS) is 24.1. The number of halogens is 1. The Labute approximate surface area is 144 Å². The summed E-state index contributed by atoms with van der Waals surface area (Å²) in [5, 5.41) is 0.740. The summed E-state index contributed by atoms with van der Waals surface area (Å²) in [6, 6.07) is 2.27. The first-order valence-corrected chi connectivity index (χ1v) is 9.16. The van der Waals surface area contributed by atoms with Gasteiger partial charge in [0.2, 0.25) is 0 Å². The fourth-order valence-electron chi connectivity index (χ4n) is 3.67. The molecule has 5 nitrogen and oxygen atoms in total. The molecule has 2 aliphatic heterocycles. The van der Waals surface area contributed by atoms with Crippen LogP contribution >= 0.6 is 11.8 Å². The number of rotatable bonds is 0. The minimum atomic E-state index is -0.322. The van der Waals surface area contributed by atoms with E-state index in [1.807, 2.05) is 0 Å². The molecule has 2 atom stereocenters. The van der Waals surface area contributed by atoms with Crippen molar-refractivity contribution in [3.63, 3.8) is 0 Å². The van der Waals surface area contributed by atoms with Crippen molar-refractivity contribution < 1.29 is 4.39 Å². The van der Waals surface area contributed by atoms with Crippen molar-refractivity contribution in [3.05, 3.63) is 27.9 Å². The summed E-state index contributed by atoms with van der Waals surface area (Å²) in [7, 11) is 3.85. The topological polar surface area (TPSA) is 41.4 Å². The van der Waals surface area contributed by atoms with Gasteiger partial charge in [-0.1, -0.05) is 0 Å². The Kier molecular flexibility index (Phi) is 3.61. The maximum atomic E-state index is 14.2. The van der Waals surface area contributed by atoms with Gasteiger partial charge >= 0.3 is 0 Å². The molecule has 0 aliphatic carbocycles. The third-order valence-electron chi connectivity index (χ3n) is 5.28. The largest absolute Gasteiger partial charge is 0.363 e. The molecule has 2 unspecified atom stereocenters. The van der Waals surface area contributed by atoms with Gasteiger partial charge in [0.1, 0.15) is 11.5 Å². The molecule has 2 aliphatic rings. The number of fused-ring (bicyclic) bond motifs is 5. The second kappa shape index (κ2) is 5.46. The number of likely N-dealkylation sites (N-methyl/N-ethyl adjacent to an activating group) is 1. The van der Waals surface area contributed by atoms with Gasteiger partial charge in [0, 0.05) is 37.3 Å². The van der Waals surface area contributed by atoms with Crippen LogP contribution in [0.1, 0.15) is 12.6 Å². The molecular formula is C17H21FN4OS. The number of nitrogens with zero attached hydrogens (tertiary/aromatic N) is 4. The van der Waals surface area contributed by atoms with Gasteiger partial charge in [-0.15, -0.1) is 11.8 Å². The van der Waals surface area contributed by atoms with Crippen LogP contribution in [0.5, 0.6) is 0 Å². The van der Waals surface area contributed by atoms with Crippen LogP contribution in [0.25, 0.3) is 11.0 Å². The molecule has 4 rings (SSSR count). The van der Waals surface area contributed by atoms with Crippen molar-refractivity contribution in [1.82, 2.24) is 14.5 Å². The number of pyridine rings is 2. The van der Waals surface area contributed by atoms with E-state index in [4.69, 9.17) is 0 Å². The molecule has 128 valence electrons. The zero-order chi connectivity index (χ0) is 17.2. The third-order valence-corrected chi connectivity index (χ3v) is 6.49. The molecule has 0 radical (unpaired) electrons. The maximum Gasteiger partial charge on any atom is 0.267 e. The molecule has 1 fully saturated rings. The predicted octanol–water partition coefficient (Wildman–Crippen LogP) is 2.00. The van der Waals surface area contributed by atoms with Crippen molar-refractivity contribution in [2.75, 3.05) is 30.8 Å². The number of hydrogen-bond acceptors (Lipinski definition) is 5. The lowest BCUT2D eigenvalue weighted by atomic mass is 10.1. The monoisotopic (exact) mass is 348 g/mol. The highest BCUT2D eigenvalue weighted by Crippen LogP contribution is 2.41. The van der Waals surface area contributed by atoms with Crippen LogP contribution < -0.4 is 10.5 Å². The summed E-state index contributed by atoms with van der Waals surface area (Å²) in [4.78, 5) is 22.5. The zero-order valence-corrected chi connectivity index (χ0v) is 15.2. The highest BCUT2D eigenvalue weighted by Gasteiger charge is 2.37. The van der Waals surface area contributed by atoms with Crippen molar-refractivity contribution in [2.24, 2.45) is 7.05 Å². The lowest BCUT2D eigenvalue weighted by Gasteiger charge is -2.48. The van der Waals surface area contributed by atoms with Crippen LogP contribution in [-0.4, -0.2) is 52.4 Å². The number of anilines is 1. The van der Waals surface area contributed by atoms with Gasteiger partial charge in [0.05, 0.1) is 22.3 Å². The summed E-state index contributed by atoms with van der Waals surface area (Å²) in [6.07, 6.45) is 0. The number of aryl methyl sites for hydroxylation is 2. The molecule has 0 bridgehead atoms. The molecule has 4 heterocycles. The summed E-state index contributed by atoms with van der Waals surface area (Å²) in [6.45, 7) is 5.61. The molecule has 0 aromatic carbocycles. The van der Waals surface area contributed by atoms with Gasteiger partial charge in [-0.2, -0.15) is 0 Å². The second-order valence-corrected chi connectivity index (χ2v) is 7.90. The van der Waals surface area contributed by atoms with E-state index in [0.717, 1.165) is 34.8 Å². The van der Waals surface area contributed by atoms with Crippen molar-refractivity contribution >= 4 is 28.5 Å². The van der Waals surface area contributed by atoms with Gasteiger partial charge in [-0.05, 0) is 27.0 Å². The van der Waals surface area contributed by atoms with Crippen LogP contribution in [-0.2, 0) is 7.05 Å². The molecule has 1 saturated heterocycles. The van der Waals surface area contributed by atoms with E-state index in [-0.39, 0.29) is 11.4 Å². The molecule has 0 spiro atoms. The maximum absolute atomic E-state index is 14.2. The number of thioether (sulfide) groups is 1. The third kappa shape index (κ3) is 2.18. The summed E-state index contributed by atoms with van der Waals surface area (Å²) in [5.74, 6) is 0.560. The molecule has 0 saturated carbocycles. The van der Waals surface area contributed by atoms with E-state index >= 15 is 0 Å². The quantitative estimate of drug-likeness (QED) is 0.728. The lowest BCUT2D eigenvalue weighted by Crippen LogP contribution is -2.58. The summed E-state index contributed by atoms with van der Waals surface area (Å²) < 4.78 is 15.8. The zero-order valence-electron chi connectivity index (χ0n) is 14.3. The predicted molar refractivity (Wildman–Crippen MR) is 95.6 cm³/mol. The summed E-state index contributed by atoms with van der Waals surface area (Å²) in [5.41, 5.74) is 1.72. The molecule has 2 aromatic rings. The van der Waals surface area contributed by atoms with Crippen LogP contribution in [0.3, 0.4) is 0 Å². The SMILES string of the molecule is Cc1nc2c(cc1F)c1c(c(=O)n2C)SCC2CN(C)C(C)CN12. The Hall–Kier alpha value is -1.60. The van der Waals surface area contributed by atoms with E-state index in [2.05, 4.69) is 28.8 Å². The minimum Gasteiger partial charge on any atom is -0.363 e. The van der Waals surface area contributed by atoms with E-state index < -0.39 is 0 Å². The van der Waals surface area contributed by atoms with Crippen LogP contribution in [0.15, 0.2) is 15.8 Å². The van der Waals surface area contributed by atoms with Crippen molar-refractivity contribution in [1.29, 1.82) is 0 Å². The Morgan fingerprint density at radius 3 is 2.83 bits per heavy atom. The molecule has 0 N–H and O–H groups in total. The molecule has 24 heavy (non-hydrogen) atoms. The van der Waals surface area contributed by atoms with Crippen molar-refractivity contribution in [2.45, 2.75) is 30.8 Å². The Balaban J connectivity index is 2.02. The van der Waals surface area contributed by atoms with Crippen LogP contribution in [0, 0.1) is 12.7 Å². The first-order chi connectivity index (χ1) is 11.4. The Bertz CT molecular complexity index is 897. The first-order valence-electron chi connectivity index (χ1n) is 8.18. The number of aromatic nitrogens is 2. The smallest absolute Gasteiger partial charge is 0.267 e. The van der Waals surface area contributed by atoms with Crippen LogP contribution in [0.2, 0.25) is 0 Å². The molecule has 2 aromatic heterocycles. The van der Waals surface area contributed by atoms with Gasteiger partial charge in [-0.3, -0.25) is 14.3 Å². The van der Waals surface area contributed by atoms with Gasteiger partial charge < -0.3 is 4.90 Å². The summed E-state index contributed by atoms with van der Waals surface area (Å²) >= 11 is 1.59. The first kappa shape index (κ1) is 15.9. The molecule has 7 heteroatoms. The van der Waals surface area contributed by atoms with E-state index in [0.29, 0.717) is 23.4 Å². The Morgan fingerprint density at radius 1 is 1.33 bits per heavy atom. The molecule has 0 amide bonds. The standard InChI is InChI=1S/C17H21FN4OS/c1-9-6-22-11(7-20(9)3)8-24-15-14(22)12-5-13(18)10(2)19-16(12)21(4)17(15)23/h5,9,11H,6-8H2,1-4H3. The average molecular weight is 348 g/mol. The van der Waals surface area contributed by atoms with Gasteiger partial charge in [0.25, 0.3) is 5.56 Å². The fourth-order valence-corrected chi connectivity index (χ4v) is 4.93. The van der Waals surface area contributed by atoms with E-state index in [9.17, 15) is 9.18 Å². The minimum absolute atomic E-state index is 0.0361. The average Bonchev–Trinajstić information content (AvgIpc) is 2.55. The molecular weight excluding hydrogens is 327 g/mol. The van der Waals surface area contributed by atoms with Gasteiger partial charge in [0.15, 0.2) is 0 Å². The highest BCUT2D eigenvalue weighted by atomic mass is 32.2. The number of piperazine rings is 1. The Morgan fingerprint density at radius 2 is 2.08 bits per heavy atom. The van der Waals surface area contributed by atoms with Crippen molar-refractivity contribution in [3.8, 4) is 0 Å². The fraction of sp³-hybridized carbons (Fsp3) is 0.529. The van der Waals surface area contributed by atoms with Gasteiger partial charge in [-0.25, -0.2) is 9.37 Å². The lowest BCUT2D eigenvalue weighted by molar-refractivity contribution is 0.206. The highest BCUT2D eigenvalue weighted by molar-refractivity contribution is 7.99. The number of hydrogen-bond donors (Lipinski definition) is 0. The van der Waals surface area contributed by atoms with E-state index in [1.54, 1.807) is 36.4 Å². The van der Waals surface area contributed by atoms with E-state index in [1.165, 1.54) is 0 Å². The van der Waals surface area contributed by atoms with Crippen LogP contribution in [0.4, 0.5) is 10.1 Å². The second-order valence-electron chi connectivity index (χ2n) is 6.87.